The van der Waals surface area contributed by atoms with Crippen molar-refractivity contribution in [2.24, 2.45) is 22.9 Å². The average Bonchev–Trinajstić information content (AvgIpc) is 3.34. The fourth-order valence-electron chi connectivity index (χ4n) is 10.2. The van der Waals surface area contributed by atoms with Crippen LogP contribution in [0, 0.1) is 33.7 Å². The second-order valence-corrected chi connectivity index (χ2v) is 17.3. The summed E-state index contributed by atoms with van der Waals surface area (Å²) in [7, 11) is 1.30. The Hall–Kier alpha value is -6.61. The van der Waals surface area contributed by atoms with Gasteiger partial charge in [-0.3, -0.25) is 15.0 Å². The van der Waals surface area contributed by atoms with Crippen molar-refractivity contribution < 1.29 is 48.1 Å². The number of rotatable bonds is 20. The SMILES string of the molecule is C=CCO[C@@]12Oc3ccc(Oc4ccc5ccccc5c4)cc3[C@H]3[C@H](CCCCO)[C@@H](CCCCO)C=C(C(=NOCc4ccc([N+](=O)[O-])cc4)C[C@@H]1N(Cc1ccc(F)cc1)C(=O)OC)[C@H]32. The number of halogens is 1. The van der Waals surface area contributed by atoms with Crippen molar-refractivity contribution in [1.82, 2.24) is 4.90 Å². The number of amides is 1. The molecule has 8 rings (SSSR count). The first kappa shape index (κ1) is 46.9. The molecule has 0 unspecified atom stereocenters. The first-order valence-electron chi connectivity index (χ1n) is 22.9. The van der Waals surface area contributed by atoms with Gasteiger partial charge in [-0.2, -0.15) is 0 Å². The summed E-state index contributed by atoms with van der Waals surface area (Å²) in [5.41, 5.74) is 3.49. The number of non-ortho nitro benzene ring substituents is 1. The Kier molecular flexibility index (Phi) is 14.9. The number of oxime groups is 1. The first-order valence-corrected chi connectivity index (χ1v) is 22.9. The Morgan fingerprint density at radius 1 is 0.925 bits per heavy atom. The van der Waals surface area contributed by atoms with E-state index in [0.717, 1.165) is 47.6 Å². The van der Waals surface area contributed by atoms with E-state index in [4.69, 9.17) is 28.9 Å². The number of nitrogens with zero attached hydrogens (tertiary/aromatic N) is 3. The van der Waals surface area contributed by atoms with Crippen molar-refractivity contribution in [3.8, 4) is 17.2 Å². The maximum atomic E-state index is 14.3. The number of benzene rings is 5. The van der Waals surface area contributed by atoms with Gasteiger partial charge < -0.3 is 34.0 Å². The highest BCUT2D eigenvalue weighted by atomic mass is 19.1. The molecule has 6 atom stereocenters. The smallest absolute Gasteiger partial charge is 0.410 e. The molecule has 1 heterocycles. The highest BCUT2D eigenvalue weighted by molar-refractivity contribution is 6.03. The number of carbonyl (C=O) groups excluding carboxylic acids is 1. The van der Waals surface area contributed by atoms with E-state index in [1.54, 1.807) is 35.2 Å². The molecule has 13 nitrogen and oxygen atoms in total. The summed E-state index contributed by atoms with van der Waals surface area (Å²) in [6, 6.07) is 30.9. The Bertz CT molecular complexity index is 2600. The van der Waals surface area contributed by atoms with Gasteiger partial charge in [-0.05, 0) is 120 Å². The summed E-state index contributed by atoms with van der Waals surface area (Å²) in [5.74, 6) is -1.22. The number of nitro benzene ring substituents is 1. The van der Waals surface area contributed by atoms with Crippen molar-refractivity contribution in [1.29, 1.82) is 0 Å². The van der Waals surface area contributed by atoms with Gasteiger partial charge in [0, 0.05) is 49.8 Å². The molecule has 1 fully saturated rings. The van der Waals surface area contributed by atoms with Crippen LogP contribution in [0.4, 0.5) is 14.9 Å². The molecule has 3 aliphatic rings. The zero-order chi connectivity index (χ0) is 46.9. The molecule has 14 heteroatoms. The Balaban J connectivity index is 1.31. The highest BCUT2D eigenvalue weighted by Crippen LogP contribution is 2.62. The Morgan fingerprint density at radius 2 is 1.63 bits per heavy atom. The molecule has 67 heavy (non-hydrogen) atoms. The third-order valence-corrected chi connectivity index (χ3v) is 13.2. The lowest BCUT2D eigenvalue weighted by Gasteiger charge is -2.59. The van der Waals surface area contributed by atoms with Crippen molar-refractivity contribution >= 4 is 28.3 Å². The number of hydrogen-bond acceptors (Lipinski definition) is 11. The number of hydrogen-bond donors (Lipinski definition) is 2. The van der Waals surface area contributed by atoms with Crippen LogP contribution in [0.15, 0.2) is 139 Å². The van der Waals surface area contributed by atoms with Gasteiger partial charge in [0.15, 0.2) is 0 Å². The topological polar surface area (TPSA) is 162 Å². The molecular weight excluding hydrogens is 858 g/mol. The van der Waals surface area contributed by atoms with E-state index in [1.165, 1.54) is 31.4 Å². The summed E-state index contributed by atoms with van der Waals surface area (Å²) >= 11 is 0. The van der Waals surface area contributed by atoms with Crippen LogP contribution in [0.5, 0.6) is 17.2 Å². The molecule has 0 aromatic heterocycles. The van der Waals surface area contributed by atoms with E-state index in [0.29, 0.717) is 46.9 Å². The maximum Gasteiger partial charge on any atom is 0.410 e. The molecular formula is C53H56FN3O10. The van der Waals surface area contributed by atoms with Gasteiger partial charge in [-0.1, -0.05) is 72.6 Å². The number of aliphatic hydroxyl groups is 2. The van der Waals surface area contributed by atoms with Crippen LogP contribution in [-0.2, 0) is 27.5 Å². The average molecular weight is 914 g/mol. The number of methoxy groups -OCH3 is 1. The molecule has 1 amide bonds. The van der Waals surface area contributed by atoms with Crippen molar-refractivity contribution in [2.75, 3.05) is 26.9 Å². The number of nitro groups is 1. The molecule has 0 bridgehead atoms. The first-order chi connectivity index (χ1) is 32.7. The minimum atomic E-state index is -1.57. The predicted molar refractivity (Wildman–Crippen MR) is 251 cm³/mol. The Labute approximate surface area is 389 Å². The van der Waals surface area contributed by atoms with Gasteiger partial charge in [-0.25, -0.2) is 9.18 Å². The molecule has 0 radical (unpaired) electrons. The van der Waals surface area contributed by atoms with Crippen molar-refractivity contribution in [3.63, 3.8) is 0 Å². The fraction of sp³-hybridized carbons (Fsp3) is 0.358. The zero-order valence-electron chi connectivity index (χ0n) is 37.5. The molecule has 2 aliphatic carbocycles. The summed E-state index contributed by atoms with van der Waals surface area (Å²) in [4.78, 5) is 32.9. The van der Waals surface area contributed by atoms with Crippen molar-refractivity contribution in [2.45, 2.75) is 75.8 Å². The minimum absolute atomic E-state index is 0.000453. The number of aliphatic hydroxyl groups excluding tert-OH is 2. The van der Waals surface area contributed by atoms with E-state index in [1.807, 2.05) is 54.6 Å². The van der Waals surface area contributed by atoms with E-state index >= 15 is 0 Å². The maximum absolute atomic E-state index is 14.3. The van der Waals surface area contributed by atoms with Gasteiger partial charge in [0.2, 0.25) is 5.79 Å². The molecule has 5 aromatic rings. The van der Waals surface area contributed by atoms with Crippen LogP contribution >= 0.6 is 0 Å². The quantitative estimate of drug-likeness (QED) is 0.0333. The lowest BCUT2D eigenvalue weighted by atomic mass is 9.55. The van der Waals surface area contributed by atoms with Gasteiger partial charge in [0.1, 0.15) is 35.7 Å². The van der Waals surface area contributed by atoms with Crippen LogP contribution in [0.1, 0.15) is 67.6 Å². The second-order valence-electron chi connectivity index (χ2n) is 17.3. The van der Waals surface area contributed by atoms with E-state index in [9.17, 15) is 29.5 Å². The normalized spacial score (nSPS) is 22.2. The standard InChI is InChI=1S/C53H56FN3O10/c1-3-28-64-53-49(56(52(60)63-2)33-35-14-19-40(54)20-15-35)32-47(55-65-34-36-16-21-41(22-17-36)57(61)62)45-30-39(12-6-8-26-58)44(13-7-9-27-59)50(51(45)53)46-31-43(24-25-48(46)67-53)66-42-23-18-37-10-4-5-11-38(37)29-42/h3-5,10-11,14-25,29-31,39,44,49-51,58-59H,1,6-9,12-13,26-28,32-34H2,2H3/t39-,44+,49-,50+,51+,53+/m0/s1. The van der Waals surface area contributed by atoms with Gasteiger partial charge in [0.05, 0.1) is 30.3 Å². The lowest BCUT2D eigenvalue weighted by molar-refractivity contribution is -0.384. The summed E-state index contributed by atoms with van der Waals surface area (Å²) in [5, 5.41) is 38.3. The van der Waals surface area contributed by atoms with Crippen LogP contribution in [0.2, 0.25) is 0 Å². The molecule has 1 aliphatic heterocycles. The highest BCUT2D eigenvalue weighted by Gasteiger charge is 2.65. The van der Waals surface area contributed by atoms with E-state index in [-0.39, 0.29) is 62.8 Å². The number of unbranched alkanes of at least 4 members (excludes halogenated alkanes) is 2. The van der Waals surface area contributed by atoms with Crippen LogP contribution in [0.3, 0.4) is 0 Å². The molecule has 5 aromatic carbocycles. The van der Waals surface area contributed by atoms with Gasteiger partial charge in [-0.15, -0.1) is 6.58 Å². The zero-order valence-corrected chi connectivity index (χ0v) is 37.5. The number of allylic oxidation sites excluding steroid dienone is 1. The molecule has 0 saturated heterocycles. The third-order valence-electron chi connectivity index (χ3n) is 13.2. The monoisotopic (exact) mass is 913 g/mol. The minimum Gasteiger partial charge on any atom is -0.459 e. The molecule has 1 saturated carbocycles. The van der Waals surface area contributed by atoms with Crippen LogP contribution in [-0.4, -0.2) is 70.6 Å². The van der Waals surface area contributed by atoms with Gasteiger partial charge >= 0.3 is 6.09 Å². The number of ether oxygens (including phenoxy) is 4. The molecule has 2 N–H and O–H groups in total. The largest absolute Gasteiger partial charge is 0.459 e. The second kappa shape index (κ2) is 21.3. The molecule has 0 spiro atoms. The summed E-state index contributed by atoms with van der Waals surface area (Å²) < 4.78 is 40.8. The van der Waals surface area contributed by atoms with Crippen LogP contribution < -0.4 is 9.47 Å². The van der Waals surface area contributed by atoms with E-state index < -0.39 is 34.6 Å². The lowest BCUT2D eigenvalue weighted by Crippen LogP contribution is -2.70. The van der Waals surface area contributed by atoms with Crippen molar-refractivity contribution in [3.05, 3.63) is 166 Å². The third kappa shape index (κ3) is 10.2. The van der Waals surface area contributed by atoms with Gasteiger partial charge in [0.25, 0.3) is 5.69 Å². The fourth-order valence-corrected chi connectivity index (χ4v) is 10.2. The predicted octanol–water partition coefficient (Wildman–Crippen LogP) is 10.8. The number of fused-ring (bicyclic) bond motifs is 3. The summed E-state index contributed by atoms with van der Waals surface area (Å²) in [6.45, 7) is 4.15. The number of carbonyl (C=O) groups is 1. The Morgan fingerprint density at radius 3 is 2.34 bits per heavy atom. The summed E-state index contributed by atoms with van der Waals surface area (Å²) in [6.07, 6.45) is 7.47. The van der Waals surface area contributed by atoms with Crippen LogP contribution in [0.25, 0.3) is 10.8 Å². The van der Waals surface area contributed by atoms with E-state index in [2.05, 4.69) is 18.7 Å². The molecule has 350 valence electrons.